The Hall–Kier alpha value is -2.11. The lowest BCUT2D eigenvalue weighted by atomic mass is 10.1. The summed E-state index contributed by atoms with van der Waals surface area (Å²) < 4.78 is 33.1. The van der Waals surface area contributed by atoms with Gasteiger partial charge in [0.2, 0.25) is 0 Å². The van der Waals surface area contributed by atoms with E-state index in [1.54, 1.807) is 12.1 Å². The van der Waals surface area contributed by atoms with Gasteiger partial charge in [-0.15, -0.1) is 0 Å². The second-order valence-corrected chi connectivity index (χ2v) is 6.07. The Morgan fingerprint density at radius 2 is 1.65 bits per heavy atom. The van der Waals surface area contributed by atoms with Crippen molar-refractivity contribution in [1.29, 1.82) is 0 Å². The number of rotatable bonds is 2. The first kappa shape index (κ1) is 12.9. The largest absolute Gasteiger partial charge is 0.344 e. The number of hydrogen-bond donors (Lipinski definition) is 1. The van der Waals surface area contributed by atoms with Crippen LogP contribution in [0.5, 0.6) is 0 Å². The third kappa shape index (κ3) is 2.11. The molecular weight excluding hydrogens is 274 g/mol. The molecule has 0 spiro atoms. The molecule has 0 amide bonds. The number of fused-ring (bicyclic) bond motifs is 1. The Morgan fingerprint density at radius 3 is 2.25 bits per heavy atom. The molecule has 0 fully saturated rings. The van der Waals surface area contributed by atoms with E-state index in [0.717, 1.165) is 22.2 Å². The van der Waals surface area contributed by atoms with Crippen molar-refractivity contribution in [1.82, 2.24) is 4.57 Å². The normalized spacial score (nSPS) is 11.9. The molecule has 0 aliphatic rings. The van der Waals surface area contributed by atoms with Gasteiger partial charge in [-0.1, -0.05) is 30.3 Å². The van der Waals surface area contributed by atoms with E-state index in [-0.39, 0.29) is 4.90 Å². The maximum Gasteiger partial charge on any atom is 0.294 e. The highest BCUT2D eigenvalue weighted by molar-refractivity contribution is 7.85. The van der Waals surface area contributed by atoms with E-state index in [2.05, 4.69) is 10.6 Å². The zero-order chi connectivity index (χ0) is 14.3. The first-order valence-corrected chi connectivity index (χ1v) is 7.53. The minimum Gasteiger partial charge on any atom is -0.344 e. The van der Waals surface area contributed by atoms with Gasteiger partial charge in [0.15, 0.2) is 0 Å². The predicted molar refractivity (Wildman–Crippen MR) is 78.2 cm³/mol. The Morgan fingerprint density at radius 1 is 1.00 bits per heavy atom. The highest BCUT2D eigenvalue weighted by Crippen LogP contribution is 2.27. The fraction of sp³-hybridized carbons (Fsp3) is 0.0667. The van der Waals surface area contributed by atoms with E-state index >= 15 is 0 Å². The minimum atomic E-state index is -4.14. The summed E-state index contributed by atoms with van der Waals surface area (Å²) in [6.45, 7) is 0. The monoisotopic (exact) mass is 287 g/mol. The van der Waals surface area contributed by atoms with Crippen molar-refractivity contribution in [3.05, 3.63) is 54.6 Å². The predicted octanol–water partition coefficient (Wildman–Crippen LogP) is 3.09. The van der Waals surface area contributed by atoms with Crippen LogP contribution in [0, 0.1) is 0 Å². The van der Waals surface area contributed by atoms with Gasteiger partial charge in [-0.2, -0.15) is 8.42 Å². The van der Waals surface area contributed by atoms with Crippen molar-refractivity contribution in [2.24, 2.45) is 7.05 Å². The van der Waals surface area contributed by atoms with Crippen LogP contribution in [0.2, 0.25) is 0 Å². The van der Waals surface area contributed by atoms with Crippen LogP contribution >= 0.6 is 0 Å². The van der Waals surface area contributed by atoms with Crippen molar-refractivity contribution >= 4 is 21.0 Å². The Balaban J connectivity index is 2.14. The molecule has 4 nitrogen and oxygen atoms in total. The summed E-state index contributed by atoms with van der Waals surface area (Å²) >= 11 is 0. The van der Waals surface area contributed by atoms with Crippen LogP contribution in [0.15, 0.2) is 59.5 Å². The number of aromatic nitrogens is 1. The molecular formula is C15H13NO3S. The van der Waals surface area contributed by atoms with Gasteiger partial charge in [-0.25, -0.2) is 0 Å². The maximum atomic E-state index is 11.0. The highest BCUT2D eigenvalue weighted by Gasteiger charge is 2.11. The van der Waals surface area contributed by atoms with Crippen molar-refractivity contribution < 1.29 is 13.0 Å². The van der Waals surface area contributed by atoms with E-state index < -0.39 is 10.1 Å². The summed E-state index contributed by atoms with van der Waals surface area (Å²) in [6, 6.07) is 16.3. The summed E-state index contributed by atoms with van der Waals surface area (Å²) in [6.07, 6.45) is 0. The SMILES string of the molecule is Cn1c(-c2ccc(S(=O)(=O)O)cc2)cc2ccccc21. The van der Waals surface area contributed by atoms with Crippen molar-refractivity contribution in [3.63, 3.8) is 0 Å². The summed E-state index contributed by atoms with van der Waals surface area (Å²) in [7, 11) is -2.18. The second kappa shape index (κ2) is 4.47. The molecule has 1 N–H and O–H groups in total. The molecule has 0 aliphatic heterocycles. The van der Waals surface area contributed by atoms with Crippen LogP contribution in [0.4, 0.5) is 0 Å². The third-order valence-electron chi connectivity index (χ3n) is 3.40. The molecule has 1 aromatic heterocycles. The number of hydrogen-bond acceptors (Lipinski definition) is 2. The van der Waals surface area contributed by atoms with Crippen molar-refractivity contribution in [3.8, 4) is 11.3 Å². The van der Waals surface area contributed by atoms with E-state index in [9.17, 15) is 8.42 Å². The van der Waals surface area contributed by atoms with E-state index in [1.807, 2.05) is 31.3 Å². The first-order chi connectivity index (χ1) is 9.47. The minimum absolute atomic E-state index is 0.0972. The summed E-state index contributed by atoms with van der Waals surface area (Å²) in [5.41, 5.74) is 3.01. The zero-order valence-corrected chi connectivity index (χ0v) is 11.6. The zero-order valence-electron chi connectivity index (χ0n) is 10.8. The van der Waals surface area contributed by atoms with Gasteiger partial charge >= 0.3 is 0 Å². The van der Waals surface area contributed by atoms with Gasteiger partial charge in [-0.05, 0) is 29.8 Å². The molecule has 1 heterocycles. The van der Waals surface area contributed by atoms with Crippen LogP contribution in [-0.2, 0) is 17.2 Å². The highest BCUT2D eigenvalue weighted by atomic mass is 32.2. The average molecular weight is 287 g/mol. The molecule has 0 unspecified atom stereocenters. The van der Waals surface area contributed by atoms with Gasteiger partial charge in [0.1, 0.15) is 0 Å². The lowest BCUT2D eigenvalue weighted by Gasteiger charge is -2.05. The van der Waals surface area contributed by atoms with Crippen molar-refractivity contribution in [2.75, 3.05) is 0 Å². The molecule has 0 bridgehead atoms. The molecule has 20 heavy (non-hydrogen) atoms. The van der Waals surface area contributed by atoms with Crippen LogP contribution in [0.1, 0.15) is 0 Å². The molecule has 0 atom stereocenters. The molecule has 5 heteroatoms. The number of benzene rings is 2. The van der Waals surface area contributed by atoms with E-state index in [1.165, 1.54) is 12.1 Å². The van der Waals surface area contributed by atoms with Crippen LogP contribution in [0.3, 0.4) is 0 Å². The molecule has 0 saturated heterocycles. The maximum absolute atomic E-state index is 11.0. The summed E-state index contributed by atoms with van der Waals surface area (Å²) in [5, 5.41) is 1.13. The molecule has 102 valence electrons. The second-order valence-electron chi connectivity index (χ2n) is 4.65. The van der Waals surface area contributed by atoms with Gasteiger partial charge in [0.05, 0.1) is 4.90 Å². The molecule has 2 aromatic carbocycles. The summed E-state index contributed by atoms with van der Waals surface area (Å²) in [4.78, 5) is -0.0972. The number of aryl methyl sites for hydroxylation is 1. The molecule has 3 rings (SSSR count). The lowest BCUT2D eigenvalue weighted by molar-refractivity contribution is 0.483. The molecule has 3 aromatic rings. The fourth-order valence-electron chi connectivity index (χ4n) is 2.36. The van der Waals surface area contributed by atoms with Gasteiger partial charge in [-0.3, -0.25) is 4.55 Å². The molecule has 0 aliphatic carbocycles. The Labute approximate surface area is 117 Å². The summed E-state index contributed by atoms with van der Waals surface area (Å²) in [5.74, 6) is 0. The quantitative estimate of drug-likeness (QED) is 0.737. The Bertz CT molecular complexity index is 877. The smallest absolute Gasteiger partial charge is 0.294 e. The average Bonchev–Trinajstić information content (AvgIpc) is 2.76. The fourth-order valence-corrected chi connectivity index (χ4v) is 2.84. The van der Waals surface area contributed by atoms with Crippen LogP contribution in [-0.4, -0.2) is 17.5 Å². The topological polar surface area (TPSA) is 59.3 Å². The molecule has 0 radical (unpaired) electrons. The van der Waals surface area contributed by atoms with Gasteiger partial charge < -0.3 is 4.57 Å². The standard InChI is InChI=1S/C15H13NO3S/c1-16-14-5-3-2-4-12(14)10-15(16)11-6-8-13(9-7-11)20(17,18)19/h2-10H,1H3,(H,17,18,19). The third-order valence-corrected chi connectivity index (χ3v) is 4.27. The first-order valence-electron chi connectivity index (χ1n) is 6.09. The van der Waals surface area contributed by atoms with Crippen molar-refractivity contribution in [2.45, 2.75) is 4.90 Å². The van der Waals surface area contributed by atoms with Gasteiger partial charge in [0.25, 0.3) is 10.1 Å². The van der Waals surface area contributed by atoms with Crippen LogP contribution < -0.4 is 0 Å². The Kier molecular flexibility index (Phi) is 2.88. The van der Waals surface area contributed by atoms with E-state index in [0.29, 0.717) is 0 Å². The lowest BCUT2D eigenvalue weighted by Crippen LogP contribution is -1.98. The number of para-hydroxylation sites is 1. The van der Waals surface area contributed by atoms with Gasteiger partial charge in [0, 0.05) is 23.6 Å². The van der Waals surface area contributed by atoms with Crippen LogP contribution in [0.25, 0.3) is 22.2 Å². The van der Waals surface area contributed by atoms with E-state index in [4.69, 9.17) is 4.55 Å². The molecule has 0 saturated carbocycles. The number of nitrogens with zero attached hydrogens (tertiary/aromatic N) is 1.